The number of imidazole rings is 1. The number of aryl methyl sites for hydroxylation is 2. The van der Waals surface area contributed by atoms with Crippen molar-refractivity contribution in [3.8, 4) is 17.1 Å². The molecule has 2 aromatic carbocycles. The highest BCUT2D eigenvalue weighted by Gasteiger charge is 2.36. The number of nitrogen functional groups attached to an aromatic ring is 1. The van der Waals surface area contributed by atoms with Crippen molar-refractivity contribution < 1.29 is 19.1 Å². The number of hydrogen-bond donors (Lipinski definition) is 3. The normalized spacial score (nSPS) is 16.7. The van der Waals surface area contributed by atoms with E-state index in [0.29, 0.717) is 29.1 Å². The van der Waals surface area contributed by atoms with Crippen LogP contribution in [0.3, 0.4) is 0 Å². The number of nitrogens with zero attached hydrogens (tertiary/aromatic N) is 3. The smallest absolute Gasteiger partial charge is 0.326 e. The van der Waals surface area contributed by atoms with Crippen LogP contribution in [0.1, 0.15) is 24.8 Å². The summed E-state index contributed by atoms with van der Waals surface area (Å²) < 4.78 is 13.7. The molecule has 9 heteroatoms. The fourth-order valence-corrected chi connectivity index (χ4v) is 4.60. The third kappa shape index (κ3) is 3.04. The van der Waals surface area contributed by atoms with Gasteiger partial charge in [0.25, 0.3) is 6.01 Å². The molecule has 2 aliphatic rings. The predicted octanol–water partition coefficient (Wildman–Crippen LogP) is 3.79. The lowest BCUT2D eigenvalue weighted by atomic mass is 10.1. The number of nitrogens with one attached hydrogen (secondary N) is 1. The molecule has 0 unspecified atom stereocenters. The fourth-order valence-electron chi connectivity index (χ4n) is 4.60. The molecule has 3 heterocycles. The molecule has 0 bridgehead atoms. The molecular formula is C23H23N5O4. The largest absolute Gasteiger partial charge is 0.491 e. The standard InChI is InChI=1S/C23H23N5O4/c1-11-7-13(8-16-20(11)32-23(24)27-16)21-26-15-9-14(25-18(22(29)30)12-3-4-12)10-17-19(15)28(21)5-2-6-31-17/h7-10,12,18,25H,2-6H2,1H3,(H2,24,27)(H,29,30)/t18-/m0/s1. The van der Waals surface area contributed by atoms with Gasteiger partial charge >= 0.3 is 5.97 Å². The first-order valence-corrected chi connectivity index (χ1v) is 10.8. The van der Waals surface area contributed by atoms with Gasteiger partial charge in [0, 0.05) is 23.9 Å². The first kappa shape index (κ1) is 19.0. The van der Waals surface area contributed by atoms with E-state index in [1.165, 1.54) is 0 Å². The van der Waals surface area contributed by atoms with Gasteiger partial charge in [-0.3, -0.25) is 0 Å². The lowest BCUT2D eigenvalue weighted by molar-refractivity contribution is -0.138. The third-order valence-corrected chi connectivity index (χ3v) is 6.22. The van der Waals surface area contributed by atoms with Crippen molar-refractivity contribution in [2.75, 3.05) is 17.7 Å². The van der Waals surface area contributed by atoms with Crippen molar-refractivity contribution in [1.29, 1.82) is 0 Å². The van der Waals surface area contributed by atoms with Crippen LogP contribution in [0.25, 0.3) is 33.5 Å². The highest BCUT2D eigenvalue weighted by Crippen LogP contribution is 2.39. The quantitative estimate of drug-likeness (QED) is 0.434. The SMILES string of the molecule is Cc1cc(-c2nc3cc(N[C@H](C(=O)O)C4CC4)cc4c3n2CCCO4)cc2nc(N)oc12. The monoisotopic (exact) mass is 433 g/mol. The average Bonchev–Trinajstić information content (AvgIpc) is 3.46. The van der Waals surface area contributed by atoms with E-state index in [0.717, 1.165) is 53.8 Å². The number of carbonyl (C=O) groups is 1. The van der Waals surface area contributed by atoms with Crippen molar-refractivity contribution in [1.82, 2.24) is 14.5 Å². The van der Waals surface area contributed by atoms with Crippen LogP contribution in [-0.4, -0.2) is 38.3 Å². The minimum Gasteiger partial charge on any atom is -0.491 e. The third-order valence-electron chi connectivity index (χ3n) is 6.22. The van der Waals surface area contributed by atoms with Crippen LogP contribution in [0.5, 0.6) is 5.75 Å². The molecule has 32 heavy (non-hydrogen) atoms. The number of fused-ring (bicyclic) bond motifs is 1. The summed E-state index contributed by atoms with van der Waals surface area (Å²) in [4.78, 5) is 20.9. The minimum atomic E-state index is -0.832. The number of benzene rings is 2. The molecule has 0 saturated heterocycles. The zero-order valence-corrected chi connectivity index (χ0v) is 17.6. The van der Waals surface area contributed by atoms with Gasteiger partial charge in [0.15, 0.2) is 5.58 Å². The first-order valence-electron chi connectivity index (χ1n) is 10.8. The van der Waals surface area contributed by atoms with Gasteiger partial charge in [-0.05, 0) is 55.9 Å². The Morgan fingerprint density at radius 1 is 1.25 bits per heavy atom. The van der Waals surface area contributed by atoms with Crippen LogP contribution < -0.4 is 15.8 Å². The molecule has 0 amide bonds. The van der Waals surface area contributed by atoms with E-state index in [1.54, 1.807) is 0 Å². The molecule has 2 aromatic heterocycles. The maximum absolute atomic E-state index is 11.7. The summed E-state index contributed by atoms with van der Waals surface area (Å²) in [5.41, 5.74) is 11.4. The van der Waals surface area contributed by atoms with Crippen molar-refractivity contribution >= 4 is 39.8 Å². The highest BCUT2D eigenvalue weighted by atomic mass is 16.5. The number of carboxylic acids is 1. The van der Waals surface area contributed by atoms with Crippen molar-refractivity contribution in [2.24, 2.45) is 5.92 Å². The fraction of sp³-hybridized carbons (Fsp3) is 0.348. The summed E-state index contributed by atoms with van der Waals surface area (Å²) >= 11 is 0. The van der Waals surface area contributed by atoms with Gasteiger partial charge < -0.3 is 29.9 Å². The number of hydrogen-bond acceptors (Lipinski definition) is 7. The lowest BCUT2D eigenvalue weighted by Crippen LogP contribution is -2.31. The van der Waals surface area contributed by atoms with Crippen LogP contribution in [0, 0.1) is 12.8 Å². The Morgan fingerprint density at radius 2 is 2.09 bits per heavy atom. The topological polar surface area (TPSA) is 128 Å². The molecule has 0 radical (unpaired) electrons. The molecule has 0 spiro atoms. The zero-order valence-electron chi connectivity index (χ0n) is 17.6. The molecular weight excluding hydrogens is 410 g/mol. The number of rotatable bonds is 5. The molecule has 9 nitrogen and oxygen atoms in total. The molecule has 1 saturated carbocycles. The van der Waals surface area contributed by atoms with E-state index in [9.17, 15) is 9.90 Å². The van der Waals surface area contributed by atoms with Crippen LogP contribution in [0.4, 0.5) is 11.7 Å². The number of carboxylic acid groups (broad SMARTS) is 1. The Bertz CT molecular complexity index is 1380. The molecule has 6 rings (SSSR count). The molecule has 1 aliphatic heterocycles. The summed E-state index contributed by atoms with van der Waals surface area (Å²) in [6.07, 6.45) is 2.71. The molecule has 1 aliphatic carbocycles. The van der Waals surface area contributed by atoms with Gasteiger partial charge in [0.2, 0.25) is 0 Å². The molecule has 4 N–H and O–H groups in total. The van der Waals surface area contributed by atoms with Crippen molar-refractivity contribution in [2.45, 2.75) is 38.8 Å². The summed E-state index contributed by atoms with van der Waals surface area (Å²) in [6.45, 7) is 3.31. The lowest BCUT2D eigenvalue weighted by Gasteiger charge is -2.16. The zero-order chi connectivity index (χ0) is 22.0. The molecule has 1 fully saturated rings. The van der Waals surface area contributed by atoms with Gasteiger partial charge in [0.1, 0.15) is 28.6 Å². The second-order valence-electron chi connectivity index (χ2n) is 8.62. The Labute approximate surface area is 183 Å². The second-order valence-corrected chi connectivity index (χ2v) is 8.62. The minimum absolute atomic E-state index is 0.140. The maximum Gasteiger partial charge on any atom is 0.326 e. The summed E-state index contributed by atoms with van der Waals surface area (Å²) in [5.74, 6) is 0.861. The van der Waals surface area contributed by atoms with Gasteiger partial charge in [-0.15, -0.1) is 0 Å². The van der Waals surface area contributed by atoms with E-state index in [1.807, 2.05) is 31.2 Å². The van der Waals surface area contributed by atoms with Gasteiger partial charge in [-0.1, -0.05) is 0 Å². The van der Waals surface area contributed by atoms with Crippen LogP contribution in [0.15, 0.2) is 28.7 Å². The predicted molar refractivity (Wildman–Crippen MR) is 120 cm³/mol. The Kier molecular flexibility index (Phi) is 4.08. The van der Waals surface area contributed by atoms with Gasteiger partial charge in [-0.25, -0.2) is 9.78 Å². The van der Waals surface area contributed by atoms with Crippen LogP contribution in [-0.2, 0) is 11.3 Å². The summed E-state index contributed by atoms with van der Waals surface area (Å²) in [5, 5.41) is 12.8. The van der Waals surface area contributed by atoms with Crippen LogP contribution >= 0.6 is 0 Å². The second kappa shape index (κ2) is 6.88. The number of oxazole rings is 1. The van der Waals surface area contributed by atoms with Crippen molar-refractivity contribution in [3.05, 3.63) is 29.8 Å². The van der Waals surface area contributed by atoms with E-state index in [-0.39, 0.29) is 11.9 Å². The number of aromatic nitrogens is 3. The van der Waals surface area contributed by atoms with Gasteiger partial charge in [0.05, 0.1) is 12.1 Å². The summed E-state index contributed by atoms with van der Waals surface area (Å²) in [7, 11) is 0. The Balaban J connectivity index is 1.49. The number of anilines is 2. The van der Waals surface area contributed by atoms with Crippen LogP contribution in [0.2, 0.25) is 0 Å². The van der Waals surface area contributed by atoms with Gasteiger partial charge in [-0.2, -0.15) is 4.98 Å². The highest BCUT2D eigenvalue weighted by molar-refractivity contribution is 5.92. The number of aliphatic carboxylic acids is 1. The van der Waals surface area contributed by atoms with Crippen molar-refractivity contribution in [3.63, 3.8) is 0 Å². The molecule has 1 atom stereocenters. The Hall–Kier alpha value is -3.75. The number of ether oxygens (including phenoxy) is 1. The first-order chi connectivity index (χ1) is 15.5. The number of nitrogens with two attached hydrogens (primary N) is 1. The van der Waals surface area contributed by atoms with E-state index < -0.39 is 12.0 Å². The molecule has 164 valence electrons. The molecule has 4 aromatic rings. The summed E-state index contributed by atoms with van der Waals surface area (Å²) in [6, 6.07) is 7.30. The maximum atomic E-state index is 11.7. The Morgan fingerprint density at radius 3 is 2.88 bits per heavy atom. The van der Waals surface area contributed by atoms with E-state index in [2.05, 4.69) is 14.9 Å². The van der Waals surface area contributed by atoms with E-state index in [4.69, 9.17) is 19.9 Å². The van der Waals surface area contributed by atoms with E-state index >= 15 is 0 Å². The average molecular weight is 433 g/mol.